The molecule has 2 fully saturated rings. The first kappa shape index (κ1) is 26.9. The first-order chi connectivity index (χ1) is 16.1. The fourth-order valence-electron chi connectivity index (χ4n) is 9.64. The van der Waals surface area contributed by atoms with Gasteiger partial charge in [-0.25, -0.2) is 0 Å². The predicted molar refractivity (Wildman–Crippen MR) is 141 cm³/mol. The van der Waals surface area contributed by atoms with E-state index in [2.05, 4.69) is 48.1 Å². The Hall–Kier alpha value is -1.13. The number of carbonyl (C=O) groups is 1. The number of carboxylic acid groups (broad SMARTS) is 1. The number of aliphatic hydroxyl groups excluding tert-OH is 2. The maximum absolute atomic E-state index is 11.9. The first-order valence-corrected chi connectivity index (χ1v) is 14.1. The second-order valence-electron chi connectivity index (χ2n) is 14.1. The van der Waals surface area contributed by atoms with Gasteiger partial charge in [-0.05, 0) is 98.7 Å². The van der Waals surface area contributed by atoms with Crippen LogP contribution < -0.4 is 0 Å². The van der Waals surface area contributed by atoms with Gasteiger partial charge in [-0.15, -0.1) is 0 Å². The zero-order valence-corrected chi connectivity index (χ0v) is 23.3. The Bertz CT molecular complexity index is 917. The van der Waals surface area contributed by atoms with Crippen LogP contribution in [-0.2, 0) is 4.79 Å². The van der Waals surface area contributed by atoms with Crippen LogP contribution in [0.5, 0.6) is 0 Å². The van der Waals surface area contributed by atoms with Gasteiger partial charge in [-0.3, -0.25) is 4.79 Å². The summed E-state index contributed by atoms with van der Waals surface area (Å²) in [5.74, 6) is -0.0238. The Labute approximate surface area is 213 Å². The summed E-state index contributed by atoms with van der Waals surface area (Å²) in [6, 6.07) is 0. The number of aliphatic hydroxyl groups is 2. The molecule has 0 bridgehead atoms. The number of hydrogen-bond acceptors (Lipinski definition) is 3. The van der Waals surface area contributed by atoms with Gasteiger partial charge in [0.25, 0.3) is 0 Å². The summed E-state index contributed by atoms with van der Waals surface area (Å²) in [5, 5.41) is 32.1. The standard InChI is InChI=1S/C31H50O4/c1-18(20(3)27(34)35)9-10-19(2)21-13-16-30(7)22-11-12-24-28(4,5)25(32)14-15-29(24,6)23(22)17-26(33)31(21,30)8/h19-21,24-26,32-33H,1,9-17H2,2-8H3,(H,34,35)/t19-,20-,21-,24+,25-,26-,29-,30+,31-/m0/s1. The third kappa shape index (κ3) is 3.71. The molecule has 4 nitrogen and oxygen atoms in total. The van der Waals surface area contributed by atoms with Gasteiger partial charge in [0.05, 0.1) is 18.1 Å². The zero-order chi connectivity index (χ0) is 26.1. The maximum atomic E-state index is 11.9. The third-order valence-corrected chi connectivity index (χ3v) is 12.5. The minimum atomic E-state index is -0.798. The number of hydrogen-bond donors (Lipinski definition) is 3. The SMILES string of the molecule is C=C(CC[C@H](C)[C@@H]1CC[C@]2(C)C3=C(C[C@H](O)[C@]12C)[C@]1(C)CC[C@H](O)C(C)(C)[C@H]1CC3)[C@H](C)C(=O)O. The van der Waals surface area contributed by atoms with E-state index in [4.69, 9.17) is 0 Å². The van der Waals surface area contributed by atoms with E-state index in [1.807, 2.05) is 0 Å². The van der Waals surface area contributed by atoms with Crippen molar-refractivity contribution in [3.63, 3.8) is 0 Å². The Morgan fingerprint density at radius 2 is 1.66 bits per heavy atom. The Balaban J connectivity index is 1.63. The van der Waals surface area contributed by atoms with Crippen LogP contribution in [0.1, 0.15) is 106 Å². The van der Waals surface area contributed by atoms with Gasteiger partial charge >= 0.3 is 5.97 Å². The second kappa shape index (κ2) is 8.72. The predicted octanol–water partition coefficient (Wildman–Crippen LogP) is 6.76. The van der Waals surface area contributed by atoms with Crippen molar-refractivity contribution in [2.24, 2.45) is 45.3 Å². The molecule has 0 unspecified atom stereocenters. The summed E-state index contributed by atoms with van der Waals surface area (Å²) in [4.78, 5) is 11.4. The number of rotatable bonds is 6. The molecular weight excluding hydrogens is 436 g/mol. The van der Waals surface area contributed by atoms with E-state index in [1.165, 1.54) is 5.57 Å². The van der Waals surface area contributed by atoms with E-state index >= 15 is 0 Å². The van der Waals surface area contributed by atoms with Crippen molar-refractivity contribution in [1.29, 1.82) is 0 Å². The molecule has 0 amide bonds. The zero-order valence-electron chi connectivity index (χ0n) is 23.3. The highest BCUT2D eigenvalue weighted by molar-refractivity contribution is 5.72. The third-order valence-electron chi connectivity index (χ3n) is 12.5. The molecule has 0 radical (unpaired) electrons. The van der Waals surface area contributed by atoms with Crippen molar-refractivity contribution in [3.8, 4) is 0 Å². The quantitative estimate of drug-likeness (QED) is 0.362. The van der Waals surface area contributed by atoms with E-state index in [9.17, 15) is 20.1 Å². The highest BCUT2D eigenvalue weighted by Gasteiger charge is 2.66. The summed E-state index contributed by atoms with van der Waals surface area (Å²) >= 11 is 0. The molecule has 0 aliphatic heterocycles. The van der Waals surface area contributed by atoms with Crippen LogP contribution in [0.3, 0.4) is 0 Å². The summed E-state index contributed by atoms with van der Waals surface area (Å²) in [6.45, 7) is 19.8. The van der Waals surface area contributed by atoms with Gasteiger partial charge in [-0.1, -0.05) is 64.8 Å². The summed E-state index contributed by atoms with van der Waals surface area (Å²) in [6.07, 6.45) is 8.15. The molecule has 0 aromatic heterocycles. The first-order valence-electron chi connectivity index (χ1n) is 14.1. The number of carboxylic acids is 1. The van der Waals surface area contributed by atoms with Crippen LogP contribution in [0.4, 0.5) is 0 Å². The van der Waals surface area contributed by atoms with E-state index in [1.54, 1.807) is 12.5 Å². The van der Waals surface area contributed by atoms with Crippen molar-refractivity contribution in [2.45, 2.75) is 118 Å². The average Bonchev–Trinajstić information content (AvgIpc) is 3.08. The normalized spacial score (nSPS) is 44.1. The Morgan fingerprint density at radius 3 is 2.29 bits per heavy atom. The van der Waals surface area contributed by atoms with Crippen molar-refractivity contribution in [2.75, 3.05) is 0 Å². The molecule has 4 rings (SSSR count). The molecule has 35 heavy (non-hydrogen) atoms. The molecule has 4 aliphatic carbocycles. The minimum absolute atomic E-state index is 0.00151. The van der Waals surface area contributed by atoms with Crippen molar-refractivity contribution in [3.05, 3.63) is 23.3 Å². The molecule has 3 N–H and O–H groups in total. The molecule has 198 valence electrons. The second-order valence-corrected chi connectivity index (χ2v) is 14.1. The van der Waals surface area contributed by atoms with Gasteiger partial charge in [0.1, 0.15) is 0 Å². The number of allylic oxidation sites excluding steroid dienone is 1. The summed E-state index contributed by atoms with van der Waals surface area (Å²) in [7, 11) is 0. The van der Waals surface area contributed by atoms with Crippen molar-refractivity contribution in [1.82, 2.24) is 0 Å². The lowest BCUT2D eigenvalue weighted by Crippen LogP contribution is -2.58. The van der Waals surface area contributed by atoms with Gasteiger partial charge in [0.2, 0.25) is 0 Å². The Kier molecular flexibility index (Phi) is 6.71. The van der Waals surface area contributed by atoms with Crippen LogP contribution >= 0.6 is 0 Å². The van der Waals surface area contributed by atoms with E-state index < -0.39 is 11.9 Å². The van der Waals surface area contributed by atoms with E-state index in [0.29, 0.717) is 17.8 Å². The van der Waals surface area contributed by atoms with Crippen LogP contribution in [0, 0.1) is 45.3 Å². The van der Waals surface area contributed by atoms with Gasteiger partial charge < -0.3 is 15.3 Å². The van der Waals surface area contributed by atoms with Crippen molar-refractivity contribution < 1.29 is 20.1 Å². The maximum Gasteiger partial charge on any atom is 0.310 e. The van der Waals surface area contributed by atoms with E-state index in [0.717, 1.165) is 63.4 Å². The minimum Gasteiger partial charge on any atom is -0.481 e. The topological polar surface area (TPSA) is 77.8 Å². The molecule has 0 spiro atoms. The van der Waals surface area contributed by atoms with E-state index in [-0.39, 0.29) is 33.9 Å². The van der Waals surface area contributed by atoms with Crippen LogP contribution in [0.2, 0.25) is 0 Å². The Morgan fingerprint density at radius 1 is 1.00 bits per heavy atom. The number of fused-ring (bicyclic) bond motifs is 4. The van der Waals surface area contributed by atoms with Gasteiger partial charge in [0, 0.05) is 5.41 Å². The monoisotopic (exact) mass is 486 g/mol. The molecule has 0 aromatic carbocycles. The molecular formula is C31H50O4. The lowest BCUT2D eigenvalue weighted by Gasteiger charge is -2.63. The molecule has 2 saturated carbocycles. The fourth-order valence-corrected chi connectivity index (χ4v) is 9.64. The lowest BCUT2D eigenvalue weighted by atomic mass is 9.42. The molecule has 0 aromatic rings. The average molecular weight is 487 g/mol. The molecule has 4 aliphatic rings. The molecule has 0 saturated heterocycles. The highest BCUT2D eigenvalue weighted by Crippen LogP contribution is 2.72. The van der Waals surface area contributed by atoms with Crippen LogP contribution in [0.25, 0.3) is 0 Å². The number of aliphatic carboxylic acids is 1. The van der Waals surface area contributed by atoms with Crippen LogP contribution in [0.15, 0.2) is 23.3 Å². The molecule has 4 heteroatoms. The largest absolute Gasteiger partial charge is 0.481 e. The highest BCUT2D eigenvalue weighted by atomic mass is 16.4. The fraction of sp³-hybridized carbons (Fsp3) is 0.839. The smallest absolute Gasteiger partial charge is 0.310 e. The summed E-state index contributed by atoms with van der Waals surface area (Å²) < 4.78 is 0. The van der Waals surface area contributed by atoms with Crippen molar-refractivity contribution >= 4 is 5.97 Å². The van der Waals surface area contributed by atoms with Gasteiger partial charge in [0.15, 0.2) is 0 Å². The lowest BCUT2D eigenvalue weighted by molar-refractivity contribution is -0.139. The summed E-state index contributed by atoms with van der Waals surface area (Å²) in [5.41, 5.74) is 3.76. The molecule has 9 atom stereocenters. The van der Waals surface area contributed by atoms with Crippen LogP contribution in [-0.4, -0.2) is 33.5 Å². The molecule has 0 heterocycles. The van der Waals surface area contributed by atoms with Gasteiger partial charge in [-0.2, -0.15) is 0 Å².